The van der Waals surface area contributed by atoms with Crippen molar-refractivity contribution < 1.29 is 22.1 Å². The van der Waals surface area contributed by atoms with E-state index in [1.807, 2.05) is 6.92 Å². The average Bonchev–Trinajstić information content (AvgIpc) is 2.99. The number of benzene rings is 1. The lowest BCUT2D eigenvalue weighted by atomic mass is 10.2. The molecule has 1 aromatic heterocycles. The fourth-order valence-corrected chi connectivity index (χ4v) is 3.06. The van der Waals surface area contributed by atoms with Crippen LogP contribution >= 0.6 is 0 Å². The molecule has 0 saturated carbocycles. The Morgan fingerprint density at radius 2 is 1.96 bits per heavy atom. The molecule has 0 amide bonds. The highest BCUT2D eigenvalue weighted by Gasteiger charge is 2.19. The Bertz CT molecular complexity index is 846. The molecule has 0 unspecified atom stereocenters. The van der Waals surface area contributed by atoms with Crippen molar-refractivity contribution in [1.29, 1.82) is 0 Å². The minimum absolute atomic E-state index is 0.0797. The van der Waals surface area contributed by atoms with E-state index in [4.69, 9.17) is 14.7 Å². The maximum atomic E-state index is 12.2. The number of hydrogen-bond acceptors (Lipinski definition) is 8. The summed E-state index contributed by atoms with van der Waals surface area (Å²) in [5.74, 6) is -0.263. The van der Waals surface area contributed by atoms with Gasteiger partial charge in [-0.1, -0.05) is 17.7 Å². The number of carbonyl (C=O) groups is 1. The molecule has 1 heterocycles. The first-order valence-corrected chi connectivity index (χ1v) is 9.55. The molecule has 142 valence electrons. The van der Waals surface area contributed by atoms with Crippen molar-refractivity contribution in [3.63, 3.8) is 0 Å². The second kappa shape index (κ2) is 8.88. The minimum Gasteiger partial charge on any atom is -0.460 e. The van der Waals surface area contributed by atoms with Crippen molar-refractivity contribution in [3.8, 4) is 0 Å². The van der Waals surface area contributed by atoms with Gasteiger partial charge in [0.1, 0.15) is 5.82 Å². The van der Waals surface area contributed by atoms with Crippen molar-refractivity contribution >= 4 is 16.1 Å². The largest absolute Gasteiger partial charge is 0.460 e. The van der Waals surface area contributed by atoms with Gasteiger partial charge >= 0.3 is 5.97 Å². The second-order valence-corrected chi connectivity index (χ2v) is 7.04. The van der Waals surface area contributed by atoms with Crippen molar-refractivity contribution in [3.05, 3.63) is 41.5 Å². The number of rotatable bonds is 9. The van der Waals surface area contributed by atoms with E-state index >= 15 is 0 Å². The molecule has 0 aliphatic carbocycles. The summed E-state index contributed by atoms with van der Waals surface area (Å²) < 4.78 is 35.7. The van der Waals surface area contributed by atoms with Crippen LogP contribution in [0.4, 0.5) is 0 Å². The Balaban J connectivity index is 2.06. The van der Waals surface area contributed by atoms with E-state index in [0.29, 0.717) is 18.8 Å². The van der Waals surface area contributed by atoms with Crippen LogP contribution in [0.3, 0.4) is 0 Å². The van der Waals surface area contributed by atoms with E-state index in [1.165, 1.54) is 16.8 Å². The van der Waals surface area contributed by atoms with Gasteiger partial charge in [-0.05, 0) is 32.5 Å². The molecule has 0 aliphatic heterocycles. The number of esters is 1. The van der Waals surface area contributed by atoms with Gasteiger partial charge in [-0.25, -0.2) is 14.5 Å². The zero-order valence-corrected chi connectivity index (χ0v) is 15.5. The number of aryl methyl sites for hydroxylation is 1. The molecule has 0 bridgehead atoms. The third-order valence-electron chi connectivity index (χ3n) is 3.43. The summed E-state index contributed by atoms with van der Waals surface area (Å²) in [5.41, 5.74) is 6.48. The molecule has 0 radical (unpaired) electrons. The summed E-state index contributed by atoms with van der Waals surface area (Å²) in [6, 6.07) is 6.36. The second-order valence-electron chi connectivity index (χ2n) is 5.42. The predicted molar refractivity (Wildman–Crippen MR) is 93.1 cm³/mol. The van der Waals surface area contributed by atoms with Gasteiger partial charge in [-0.3, -0.25) is 4.18 Å². The quantitative estimate of drug-likeness (QED) is 0.495. The molecular weight excluding hydrogens is 360 g/mol. The maximum Gasteiger partial charge on any atom is 0.378 e. The van der Waals surface area contributed by atoms with Crippen molar-refractivity contribution in [2.75, 3.05) is 19.8 Å². The normalized spacial score (nSPS) is 11.5. The lowest BCUT2D eigenvalue weighted by Gasteiger charge is -2.07. The molecule has 0 aliphatic rings. The van der Waals surface area contributed by atoms with Crippen LogP contribution in [0.5, 0.6) is 0 Å². The van der Waals surface area contributed by atoms with Gasteiger partial charge in [0, 0.05) is 6.42 Å². The molecule has 0 saturated heterocycles. The molecule has 9 nitrogen and oxygen atoms in total. The molecule has 26 heavy (non-hydrogen) atoms. The summed E-state index contributed by atoms with van der Waals surface area (Å²) in [5, 5.41) is 4.05. The average molecular weight is 382 g/mol. The fraction of sp³-hybridized carbons (Fsp3) is 0.438. The van der Waals surface area contributed by atoms with E-state index in [0.717, 1.165) is 5.56 Å². The van der Waals surface area contributed by atoms with Crippen LogP contribution in [0.25, 0.3) is 0 Å². The number of nitrogens with two attached hydrogens (primary N) is 1. The van der Waals surface area contributed by atoms with E-state index < -0.39 is 16.1 Å². The van der Waals surface area contributed by atoms with E-state index in [-0.39, 0.29) is 30.5 Å². The Hall–Kier alpha value is -2.30. The van der Waals surface area contributed by atoms with Crippen LogP contribution in [-0.4, -0.2) is 48.9 Å². The first kappa shape index (κ1) is 20.0. The van der Waals surface area contributed by atoms with Crippen molar-refractivity contribution in [1.82, 2.24) is 14.8 Å². The topological polar surface area (TPSA) is 126 Å². The highest BCUT2D eigenvalue weighted by Crippen LogP contribution is 2.13. The van der Waals surface area contributed by atoms with E-state index in [1.54, 1.807) is 19.1 Å². The van der Waals surface area contributed by atoms with Crippen molar-refractivity contribution in [2.45, 2.75) is 31.7 Å². The minimum atomic E-state index is -3.87. The molecule has 0 atom stereocenters. The van der Waals surface area contributed by atoms with Gasteiger partial charge in [-0.2, -0.15) is 8.42 Å². The van der Waals surface area contributed by atoms with Crippen LogP contribution in [0.15, 0.2) is 29.2 Å². The molecule has 10 heteroatoms. The highest BCUT2D eigenvalue weighted by molar-refractivity contribution is 7.86. The van der Waals surface area contributed by atoms with Crippen LogP contribution < -0.4 is 5.73 Å². The van der Waals surface area contributed by atoms with Gasteiger partial charge in [-0.15, -0.1) is 5.10 Å². The number of nitrogens with zero attached hydrogens (tertiary/aromatic N) is 3. The molecule has 1 aromatic carbocycles. The third kappa shape index (κ3) is 5.10. The van der Waals surface area contributed by atoms with Crippen LogP contribution in [0.2, 0.25) is 0 Å². The number of aromatic nitrogens is 3. The lowest BCUT2D eigenvalue weighted by Crippen LogP contribution is -2.16. The summed E-state index contributed by atoms with van der Waals surface area (Å²) in [4.78, 5) is 15.9. The Morgan fingerprint density at radius 3 is 2.58 bits per heavy atom. The summed E-state index contributed by atoms with van der Waals surface area (Å²) >= 11 is 0. The standard InChI is InChI=1S/C16H22N4O5S/c1-3-24-16(21)15-18-14(8-9-17)20(19-15)10-11-25-26(22,23)13-6-4-12(2)5-7-13/h4-7H,3,8-11,17H2,1-2H3. The molecule has 2 aromatic rings. The Kier molecular flexibility index (Phi) is 6.83. The van der Waals surface area contributed by atoms with Gasteiger partial charge in [0.25, 0.3) is 15.9 Å². The predicted octanol–water partition coefficient (Wildman–Crippen LogP) is 0.670. The summed E-state index contributed by atoms with van der Waals surface area (Å²) in [6.07, 6.45) is 0.386. The Labute approximate surface area is 152 Å². The maximum absolute atomic E-state index is 12.2. The third-order valence-corrected chi connectivity index (χ3v) is 4.75. The molecule has 0 fully saturated rings. The fourth-order valence-electron chi connectivity index (χ4n) is 2.16. The first-order valence-electron chi connectivity index (χ1n) is 8.14. The summed E-state index contributed by atoms with van der Waals surface area (Å²) in [6.45, 7) is 4.01. The number of ether oxygens (including phenoxy) is 1. The summed E-state index contributed by atoms with van der Waals surface area (Å²) in [7, 11) is -3.87. The zero-order valence-electron chi connectivity index (χ0n) is 14.7. The van der Waals surface area contributed by atoms with Crippen molar-refractivity contribution in [2.24, 2.45) is 5.73 Å². The molecule has 2 rings (SSSR count). The Morgan fingerprint density at radius 1 is 1.27 bits per heavy atom. The first-order chi connectivity index (χ1) is 12.4. The van der Waals surface area contributed by atoms with Gasteiger partial charge in [0.05, 0.1) is 24.7 Å². The highest BCUT2D eigenvalue weighted by atomic mass is 32.2. The molecule has 2 N–H and O–H groups in total. The van der Waals surface area contributed by atoms with E-state index in [9.17, 15) is 13.2 Å². The molecular formula is C16H22N4O5S. The van der Waals surface area contributed by atoms with Crippen LogP contribution in [-0.2, 0) is 32.0 Å². The van der Waals surface area contributed by atoms with Gasteiger partial charge in [0.2, 0.25) is 0 Å². The SMILES string of the molecule is CCOC(=O)c1nc(CCN)n(CCOS(=O)(=O)c2ccc(C)cc2)n1. The van der Waals surface area contributed by atoms with Gasteiger partial charge in [0.15, 0.2) is 0 Å². The smallest absolute Gasteiger partial charge is 0.378 e. The van der Waals surface area contributed by atoms with E-state index in [2.05, 4.69) is 10.1 Å². The zero-order chi connectivity index (χ0) is 19.2. The monoisotopic (exact) mass is 382 g/mol. The number of hydrogen-bond donors (Lipinski definition) is 1. The lowest BCUT2D eigenvalue weighted by molar-refractivity contribution is 0.0511. The van der Waals surface area contributed by atoms with Crippen LogP contribution in [0.1, 0.15) is 28.9 Å². The molecule has 0 spiro atoms. The van der Waals surface area contributed by atoms with Crippen LogP contribution in [0, 0.1) is 6.92 Å². The number of carbonyl (C=O) groups excluding carboxylic acids is 1. The van der Waals surface area contributed by atoms with Gasteiger partial charge < -0.3 is 10.5 Å².